The van der Waals surface area contributed by atoms with Gasteiger partial charge >= 0.3 is 12.4 Å². The van der Waals surface area contributed by atoms with Crippen molar-refractivity contribution in [3.05, 3.63) is 29.8 Å². The maximum Gasteiger partial charge on any atom is 0.315 e. The Morgan fingerprint density at radius 1 is 1.16 bits per heavy atom. The van der Waals surface area contributed by atoms with Crippen LogP contribution in [-0.2, 0) is 14.3 Å². The van der Waals surface area contributed by atoms with E-state index in [9.17, 15) is 9.59 Å². The molecular weight excluding hydrogens is 252 g/mol. The fourth-order valence-corrected chi connectivity index (χ4v) is 1.41. The number of Topliss-reactive ketones (excluding diaryl/α,β-unsaturated/α-hetero) is 1. The molecule has 1 unspecified atom stereocenters. The Kier molecular flexibility index (Phi) is 5.47. The van der Waals surface area contributed by atoms with Crippen LogP contribution in [0.1, 0.15) is 17.3 Å². The van der Waals surface area contributed by atoms with E-state index in [0.717, 1.165) is 0 Å². The summed E-state index contributed by atoms with van der Waals surface area (Å²) in [6, 6.07) is 6.34. The van der Waals surface area contributed by atoms with Gasteiger partial charge in [-0.25, -0.2) is 0 Å². The Labute approximate surface area is 110 Å². The fourth-order valence-electron chi connectivity index (χ4n) is 1.41. The van der Waals surface area contributed by atoms with E-state index in [1.54, 1.807) is 18.2 Å². The normalized spacial score (nSPS) is 12.2. The lowest BCUT2D eigenvalue weighted by molar-refractivity contribution is -0.219. The molecule has 1 N–H and O–H groups in total. The van der Waals surface area contributed by atoms with Crippen molar-refractivity contribution in [1.29, 1.82) is 0 Å². The maximum absolute atomic E-state index is 12.0. The number of hydrogen-bond donors (Lipinski definition) is 1. The Balaban J connectivity index is 3.01. The van der Waals surface area contributed by atoms with Gasteiger partial charge in [-0.05, 0) is 19.1 Å². The van der Waals surface area contributed by atoms with Crippen molar-refractivity contribution in [3.8, 4) is 5.75 Å². The number of methoxy groups -OCH3 is 2. The van der Waals surface area contributed by atoms with Crippen LogP contribution >= 0.6 is 0 Å². The van der Waals surface area contributed by atoms with Gasteiger partial charge in [-0.15, -0.1) is 0 Å². The Morgan fingerprint density at radius 3 is 2.26 bits per heavy atom. The van der Waals surface area contributed by atoms with Crippen LogP contribution in [0.3, 0.4) is 0 Å². The first-order valence-electron chi connectivity index (χ1n) is 5.59. The summed E-state index contributed by atoms with van der Waals surface area (Å²) in [5.41, 5.74) is 0.177. The van der Waals surface area contributed by atoms with Crippen molar-refractivity contribution < 1.29 is 28.9 Å². The SMILES string of the molecule is COC(OC)Oc1ccccc1C(=O)C(C)C(=O)O. The minimum absolute atomic E-state index is 0.177. The highest BCUT2D eigenvalue weighted by molar-refractivity contribution is 6.09. The Morgan fingerprint density at radius 2 is 1.74 bits per heavy atom. The Bertz CT molecular complexity index is 452. The largest absolute Gasteiger partial charge is 0.481 e. The van der Waals surface area contributed by atoms with Gasteiger partial charge in [-0.3, -0.25) is 9.59 Å². The number of carbonyl (C=O) groups is 2. The second-order valence-corrected chi connectivity index (χ2v) is 3.80. The van der Waals surface area contributed by atoms with Crippen LogP contribution in [0, 0.1) is 5.92 Å². The lowest BCUT2D eigenvalue weighted by Gasteiger charge is -2.17. The number of carboxylic acid groups (broad SMARTS) is 1. The molecule has 0 amide bonds. The third kappa shape index (κ3) is 3.77. The van der Waals surface area contributed by atoms with Crippen molar-refractivity contribution in [2.45, 2.75) is 13.4 Å². The van der Waals surface area contributed by atoms with E-state index >= 15 is 0 Å². The highest BCUT2D eigenvalue weighted by atomic mass is 16.8. The van der Waals surface area contributed by atoms with E-state index in [1.165, 1.54) is 27.2 Å². The molecule has 0 saturated heterocycles. The van der Waals surface area contributed by atoms with Crippen molar-refractivity contribution in [1.82, 2.24) is 0 Å². The van der Waals surface area contributed by atoms with Crippen LogP contribution in [0.25, 0.3) is 0 Å². The van der Waals surface area contributed by atoms with E-state index in [-0.39, 0.29) is 11.3 Å². The molecule has 0 aliphatic heterocycles. The highest BCUT2D eigenvalue weighted by Crippen LogP contribution is 2.23. The van der Waals surface area contributed by atoms with Crippen LogP contribution in [0.2, 0.25) is 0 Å². The van der Waals surface area contributed by atoms with Crippen LogP contribution in [0.5, 0.6) is 5.75 Å². The van der Waals surface area contributed by atoms with Gasteiger partial charge < -0.3 is 19.3 Å². The number of ketones is 1. The Hall–Kier alpha value is -1.92. The van der Waals surface area contributed by atoms with Gasteiger partial charge in [-0.1, -0.05) is 12.1 Å². The average molecular weight is 268 g/mol. The third-order valence-electron chi connectivity index (χ3n) is 2.52. The van der Waals surface area contributed by atoms with E-state index in [4.69, 9.17) is 19.3 Å². The summed E-state index contributed by atoms with van der Waals surface area (Å²) in [5.74, 6) is -2.65. The second kappa shape index (κ2) is 6.86. The molecule has 0 aliphatic rings. The third-order valence-corrected chi connectivity index (χ3v) is 2.52. The lowest BCUT2D eigenvalue weighted by Crippen LogP contribution is -2.24. The first-order valence-corrected chi connectivity index (χ1v) is 5.59. The summed E-state index contributed by atoms with van der Waals surface area (Å²) in [5, 5.41) is 8.87. The van der Waals surface area contributed by atoms with E-state index in [2.05, 4.69) is 0 Å². The predicted octanol–water partition coefficient (Wildman–Crippen LogP) is 1.55. The van der Waals surface area contributed by atoms with Gasteiger partial charge in [0.1, 0.15) is 11.7 Å². The summed E-state index contributed by atoms with van der Waals surface area (Å²) >= 11 is 0. The average Bonchev–Trinajstić information content (AvgIpc) is 2.43. The molecule has 1 aromatic rings. The summed E-state index contributed by atoms with van der Waals surface area (Å²) in [6.07, 6.45) is 0. The summed E-state index contributed by atoms with van der Waals surface area (Å²) in [6.45, 7) is 0.361. The van der Waals surface area contributed by atoms with Crippen molar-refractivity contribution in [2.24, 2.45) is 5.92 Å². The van der Waals surface area contributed by atoms with Gasteiger partial charge in [0, 0.05) is 14.2 Å². The monoisotopic (exact) mass is 268 g/mol. The molecule has 0 bridgehead atoms. The van der Waals surface area contributed by atoms with Crippen molar-refractivity contribution in [3.63, 3.8) is 0 Å². The first-order chi connectivity index (χ1) is 9.01. The topological polar surface area (TPSA) is 82.1 Å². The number of carboxylic acids is 1. The molecule has 1 atom stereocenters. The number of benzene rings is 1. The van der Waals surface area contributed by atoms with E-state index < -0.39 is 24.1 Å². The molecule has 0 aliphatic carbocycles. The molecule has 0 spiro atoms. The minimum Gasteiger partial charge on any atom is -0.481 e. The number of ether oxygens (including phenoxy) is 3. The quantitative estimate of drug-likeness (QED) is 0.459. The molecule has 1 aromatic carbocycles. The molecule has 6 heteroatoms. The number of para-hydroxylation sites is 1. The molecule has 0 heterocycles. The predicted molar refractivity (Wildman–Crippen MR) is 66.0 cm³/mol. The van der Waals surface area contributed by atoms with Crippen LogP contribution < -0.4 is 4.74 Å². The van der Waals surface area contributed by atoms with Crippen molar-refractivity contribution >= 4 is 11.8 Å². The number of aliphatic carboxylic acids is 1. The smallest absolute Gasteiger partial charge is 0.315 e. The zero-order chi connectivity index (χ0) is 14.4. The zero-order valence-electron chi connectivity index (χ0n) is 11.0. The molecule has 0 saturated carbocycles. The fraction of sp³-hybridized carbons (Fsp3) is 0.385. The molecule has 0 aromatic heterocycles. The maximum atomic E-state index is 12.0. The minimum atomic E-state index is -1.19. The molecule has 1 rings (SSSR count). The summed E-state index contributed by atoms with van der Waals surface area (Å²) in [7, 11) is 2.77. The van der Waals surface area contributed by atoms with Gasteiger partial charge in [0.25, 0.3) is 0 Å². The lowest BCUT2D eigenvalue weighted by atomic mass is 9.99. The van der Waals surface area contributed by atoms with Gasteiger partial charge in [-0.2, -0.15) is 0 Å². The van der Waals surface area contributed by atoms with Crippen molar-refractivity contribution in [2.75, 3.05) is 14.2 Å². The standard InChI is InChI=1S/C13H16O6/c1-8(12(15)16)11(14)9-6-4-5-7-10(9)19-13(17-2)18-3/h4-8,13H,1-3H3,(H,15,16). The van der Waals surface area contributed by atoms with Crippen LogP contribution in [0.4, 0.5) is 0 Å². The second-order valence-electron chi connectivity index (χ2n) is 3.80. The summed E-state index contributed by atoms with van der Waals surface area (Å²) < 4.78 is 15.1. The van der Waals surface area contributed by atoms with Gasteiger partial charge in [0.2, 0.25) is 0 Å². The first kappa shape index (κ1) is 15.1. The molecule has 104 valence electrons. The van der Waals surface area contributed by atoms with E-state index in [1.807, 2.05) is 0 Å². The zero-order valence-corrected chi connectivity index (χ0v) is 11.0. The van der Waals surface area contributed by atoms with Gasteiger partial charge in [0.15, 0.2) is 5.78 Å². The number of carbonyl (C=O) groups excluding carboxylic acids is 1. The number of rotatable bonds is 7. The molecule has 6 nitrogen and oxygen atoms in total. The molecular formula is C13H16O6. The number of hydrogen-bond acceptors (Lipinski definition) is 5. The van der Waals surface area contributed by atoms with Crippen LogP contribution in [-0.4, -0.2) is 37.6 Å². The van der Waals surface area contributed by atoms with Gasteiger partial charge in [0.05, 0.1) is 5.56 Å². The highest BCUT2D eigenvalue weighted by Gasteiger charge is 2.25. The molecule has 19 heavy (non-hydrogen) atoms. The molecule has 0 radical (unpaired) electrons. The summed E-state index contributed by atoms with van der Waals surface area (Å²) in [4.78, 5) is 22.9. The van der Waals surface area contributed by atoms with Crippen LogP contribution in [0.15, 0.2) is 24.3 Å². The van der Waals surface area contributed by atoms with E-state index in [0.29, 0.717) is 0 Å². The molecule has 0 fully saturated rings.